The molecule has 0 aliphatic heterocycles. The van der Waals surface area contributed by atoms with E-state index >= 15 is 0 Å². The van der Waals surface area contributed by atoms with Crippen molar-refractivity contribution in [3.05, 3.63) is 57.8 Å². The quantitative estimate of drug-likeness (QED) is 0.637. The Balaban J connectivity index is 2.71. The first-order valence-electron chi connectivity index (χ1n) is 4.92. The number of alkyl halides is 1. The molecule has 0 saturated heterocycles. The third-order valence-corrected chi connectivity index (χ3v) is 3.37. The molecule has 2 aromatic carbocycles. The molecule has 0 fully saturated rings. The highest BCUT2D eigenvalue weighted by Gasteiger charge is 2.12. The van der Waals surface area contributed by atoms with Crippen LogP contribution in [0.4, 0.5) is 4.39 Å². The van der Waals surface area contributed by atoms with E-state index in [1.165, 1.54) is 12.1 Å². The number of benzene rings is 2. The van der Waals surface area contributed by atoms with Crippen LogP contribution in [0.25, 0.3) is 11.1 Å². The summed E-state index contributed by atoms with van der Waals surface area (Å²) in [6.45, 7) is 0. The zero-order chi connectivity index (χ0) is 12.4. The Labute approximate surface area is 114 Å². The van der Waals surface area contributed by atoms with Crippen molar-refractivity contribution < 1.29 is 4.39 Å². The number of halogens is 4. The average molecular weight is 290 g/mol. The molecule has 17 heavy (non-hydrogen) atoms. The van der Waals surface area contributed by atoms with E-state index < -0.39 is 0 Å². The summed E-state index contributed by atoms with van der Waals surface area (Å²) in [4.78, 5) is 0. The fraction of sp³-hybridized carbons (Fsp3) is 0.0769. The Morgan fingerprint density at radius 2 is 1.65 bits per heavy atom. The molecule has 0 amide bonds. The zero-order valence-electron chi connectivity index (χ0n) is 8.68. The Morgan fingerprint density at radius 3 is 2.24 bits per heavy atom. The van der Waals surface area contributed by atoms with Crippen molar-refractivity contribution in [2.75, 3.05) is 0 Å². The fourth-order valence-corrected chi connectivity index (χ4v) is 2.49. The van der Waals surface area contributed by atoms with E-state index in [2.05, 4.69) is 0 Å². The largest absolute Gasteiger partial charge is 0.207 e. The maximum absolute atomic E-state index is 13.3. The van der Waals surface area contributed by atoms with Crippen LogP contribution in [0.15, 0.2) is 36.4 Å². The van der Waals surface area contributed by atoms with Gasteiger partial charge in [0, 0.05) is 21.5 Å². The molecule has 0 saturated carbocycles. The van der Waals surface area contributed by atoms with Gasteiger partial charge in [0.05, 0.1) is 0 Å². The van der Waals surface area contributed by atoms with Crippen molar-refractivity contribution in [1.82, 2.24) is 0 Å². The summed E-state index contributed by atoms with van der Waals surface area (Å²) in [5.41, 5.74) is 2.05. The minimum atomic E-state index is -0.343. The highest BCUT2D eigenvalue weighted by atomic mass is 35.5. The first-order chi connectivity index (χ1) is 8.13. The molecule has 0 aliphatic rings. The molecule has 0 bridgehead atoms. The van der Waals surface area contributed by atoms with Gasteiger partial charge in [0.1, 0.15) is 5.82 Å². The van der Waals surface area contributed by atoms with Gasteiger partial charge in [-0.25, -0.2) is 4.39 Å². The molecular weight excluding hydrogens is 282 g/mol. The van der Waals surface area contributed by atoms with Crippen LogP contribution >= 0.6 is 34.8 Å². The van der Waals surface area contributed by atoms with Crippen molar-refractivity contribution >= 4 is 34.8 Å². The lowest BCUT2D eigenvalue weighted by Crippen LogP contribution is -1.90. The second kappa shape index (κ2) is 5.26. The van der Waals surface area contributed by atoms with Crippen LogP contribution in [0.3, 0.4) is 0 Å². The van der Waals surface area contributed by atoms with Crippen LogP contribution in [0.1, 0.15) is 5.56 Å². The van der Waals surface area contributed by atoms with Crippen molar-refractivity contribution in [1.29, 1.82) is 0 Å². The Kier molecular flexibility index (Phi) is 3.93. The van der Waals surface area contributed by atoms with Gasteiger partial charge in [-0.15, -0.1) is 11.6 Å². The minimum Gasteiger partial charge on any atom is -0.207 e. The maximum Gasteiger partial charge on any atom is 0.123 e. The summed E-state index contributed by atoms with van der Waals surface area (Å²) in [7, 11) is 0. The van der Waals surface area contributed by atoms with Gasteiger partial charge in [-0.05, 0) is 35.4 Å². The SMILES string of the molecule is Fc1ccc(CCl)c(-c2c(Cl)cccc2Cl)c1. The Morgan fingerprint density at radius 1 is 1.00 bits per heavy atom. The van der Waals surface area contributed by atoms with Gasteiger partial charge in [0.15, 0.2) is 0 Å². The molecule has 2 aromatic rings. The average Bonchev–Trinajstić information content (AvgIpc) is 2.29. The van der Waals surface area contributed by atoms with Gasteiger partial charge in [-0.1, -0.05) is 35.3 Å². The summed E-state index contributed by atoms with van der Waals surface area (Å²) in [6.07, 6.45) is 0. The molecule has 0 atom stereocenters. The number of hydrogen-bond acceptors (Lipinski definition) is 0. The highest BCUT2D eigenvalue weighted by molar-refractivity contribution is 6.39. The summed E-state index contributed by atoms with van der Waals surface area (Å²) in [5.74, 6) is -0.0678. The molecular formula is C13H8Cl3F. The first kappa shape index (κ1) is 12.7. The molecule has 0 aromatic heterocycles. The lowest BCUT2D eigenvalue weighted by atomic mass is 10.0. The lowest BCUT2D eigenvalue weighted by molar-refractivity contribution is 0.628. The van der Waals surface area contributed by atoms with Crippen molar-refractivity contribution in [2.24, 2.45) is 0 Å². The Hall–Kier alpha value is -0.760. The van der Waals surface area contributed by atoms with Crippen LogP contribution in [-0.4, -0.2) is 0 Å². The van der Waals surface area contributed by atoms with Crippen LogP contribution < -0.4 is 0 Å². The monoisotopic (exact) mass is 288 g/mol. The van der Waals surface area contributed by atoms with Gasteiger partial charge in [-0.3, -0.25) is 0 Å². The predicted octanol–water partition coefficient (Wildman–Crippen LogP) is 5.54. The molecule has 88 valence electrons. The Bertz CT molecular complexity index is 532. The van der Waals surface area contributed by atoms with Crippen LogP contribution in [0.5, 0.6) is 0 Å². The van der Waals surface area contributed by atoms with Crippen molar-refractivity contribution in [3.63, 3.8) is 0 Å². The predicted molar refractivity (Wildman–Crippen MR) is 71.4 cm³/mol. The standard InChI is InChI=1S/C13H8Cl3F/c14-7-8-4-5-9(17)6-10(8)13-11(15)2-1-3-12(13)16/h1-6H,7H2. The molecule has 0 nitrogen and oxygen atoms in total. The normalized spacial score (nSPS) is 10.6. The first-order valence-corrected chi connectivity index (χ1v) is 6.21. The zero-order valence-corrected chi connectivity index (χ0v) is 11.0. The lowest BCUT2D eigenvalue weighted by Gasteiger charge is -2.11. The topological polar surface area (TPSA) is 0 Å². The minimum absolute atomic E-state index is 0.275. The molecule has 0 aliphatic carbocycles. The fourth-order valence-electron chi connectivity index (χ4n) is 1.65. The van der Waals surface area contributed by atoms with Gasteiger partial charge >= 0.3 is 0 Å². The van der Waals surface area contributed by atoms with Crippen LogP contribution in [0, 0.1) is 5.82 Å². The third kappa shape index (κ3) is 2.57. The van der Waals surface area contributed by atoms with E-state index in [9.17, 15) is 4.39 Å². The van der Waals surface area contributed by atoms with Crippen LogP contribution in [-0.2, 0) is 5.88 Å². The smallest absolute Gasteiger partial charge is 0.123 e. The number of hydrogen-bond donors (Lipinski definition) is 0. The molecule has 0 heterocycles. The highest BCUT2D eigenvalue weighted by Crippen LogP contribution is 2.37. The van der Waals surface area contributed by atoms with E-state index in [0.29, 0.717) is 21.2 Å². The van der Waals surface area contributed by atoms with Crippen molar-refractivity contribution in [3.8, 4) is 11.1 Å². The summed E-state index contributed by atoms with van der Waals surface area (Å²) in [6, 6.07) is 9.57. The van der Waals surface area contributed by atoms with Crippen LogP contribution in [0.2, 0.25) is 10.0 Å². The molecule has 0 N–H and O–H groups in total. The second-order valence-electron chi connectivity index (χ2n) is 3.53. The van der Waals surface area contributed by atoms with E-state index in [1.807, 2.05) is 0 Å². The third-order valence-electron chi connectivity index (χ3n) is 2.45. The van der Waals surface area contributed by atoms with Gasteiger partial charge in [0.25, 0.3) is 0 Å². The molecule has 4 heteroatoms. The summed E-state index contributed by atoms with van der Waals surface area (Å²) < 4.78 is 13.3. The van der Waals surface area contributed by atoms with Gasteiger partial charge in [-0.2, -0.15) is 0 Å². The van der Waals surface area contributed by atoms with E-state index in [-0.39, 0.29) is 11.7 Å². The maximum atomic E-state index is 13.3. The number of rotatable bonds is 2. The van der Waals surface area contributed by atoms with Gasteiger partial charge in [0.2, 0.25) is 0 Å². The summed E-state index contributed by atoms with van der Waals surface area (Å²) in [5, 5.41) is 0.962. The molecule has 0 unspecified atom stereocenters. The second-order valence-corrected chi connectivity index (χ2v) is 4.61. The molecule has 2 rings (SSSR count). The van der Waals surface area contributed by atoms with E-state index in [4.69, 9.17) is 34.8 Å². The van der Waals surface area contributed by atoms with Gasteiger partial charge < -0.3 is 0 Å². The van der Waals surface area contributed by atoms with E-state index in [1.54, 1.807) is 24.3 Å². The summed E-state index contributed by atoms with van der Waals surface area (Å²) >= 11 is 18.0. The molecule has 0 spiro atoms. The van der Waals surface area contributed by atoms with Crippen molar-refractivity contribution in [2.45, 2.75) is 5.88 Å². The van der Waals surface area contributed by atoms with E-state index in [0.717, 1.165) is 5.56 Å². The molecule has 0 radical (unpaired) electrons.